The smallest absolute Gasteiger partial charge is 0.323 e. The summed E-state index contributed by atoms with van der Waals surface area (Å²) >= 11 is 0. The molecule has 0 saturated carbocycles. The highest BCUT2D eigenvalue weighted by Crippen LogP contribution is 2.20. The Bertz CT molecular complexity index is 449. The van der Waals surface area contributed by atoms with E-state index in [2.05, 4.69) is 19.9 Å². The van der Waals surface area contributed by atoms with E-state index in [4.69, 9.17) is 10.4 Å². The summed E-state index contributed by atoms with van der Waals surface area (Å²) in [4.78, 5) is 12.7. The van der Waals surface area contributed by atoms with Crippen LogP contribution in [-0.4, -0.2) is 24.2 Å². The van der Waals surface area contributed by atoms with Crippen molar-refractivity contribution in [3.05, 3.63) is 29.8 Å². The van der Waals surface area contributed by atoms with Crippen LogP contribution in [0, 0.1) is 17.2 Å². The molecule has 0 aliphatic heterocycles. The third kappa shape index (κ3) is 4.10. The molecular formula is C14H18N2O2. The summed E-state index contributed by atoms with van der Waals surface area (Å²) in [6.07, 6.45) is 0.896. The number of benzene rings is 1. The van der Waals surface area contributed by atoms with E-state index in [9.17, 15) is 4.79 Å². The molecule has 0 spiro atoms. The van der Waals surface area contributed by atoms with Crippen LogP contribution in [0.1, 0.15) is 25.8 Å². The lowest BCUT2D eigenvalue weighted by Crippen LogP contribution is -2.31. The third-order valence-corrected chi connectivity index (χ3v) is 2.67. The SMILES string of the molecule is CC(C)CCN(CC(=O)O)c1ccccc1C#N. The first-order valence-electron chi connectivity index (χ1n) is 6.00. The number of nitrogens with zero attached hydrogens (tertiary/aromatic N) is 2. The highest BCUT2D eigenvalue weighted by atomic mass is 16.4. The van der Waals surface area contributed by atoms with Crippen LogP contribution < -0.4 is 4.90 Å². The zero-order chi connectivity index (χ0) is 13.5. The molecule has 4 nitrogen and oxygen atoms in total. The molecule has 0 fully saturated rings. The maximum Gasteiger partial charge on any atom is 0.323 e. The molecular weight excluding hydrogens is 228 g/mol. The summed E-state index contributed by atoms with van der Waals surface area (Å²) in [5.41, 5.74) is 1.21. The lowest BCUT2D eigenvalue weighted by atomic mass is 10.1. The second-order valence-electron chi connectivity index (χ2n) is 4.63. The molecule has 0 unspecified atom stereocenters. The van der Waals surface area contributed by atoms with E-state index in [0.717, 1.165) is 6.42 Å². The first kappa shape index (κ1) is 14.0. The van der Waals surface area contributed by atoms with Gasteiger partial charge in [-0.05, 0) is 24.5 Å². The van der Waals surface area contributed by atoms with Crippen molar-refractivity contribution in [2.75, 3.05) is 18.0 Å². The van der Waals surface area contributed by atoms with Crippen LogP contribution in [0.2, 0.25) is 0 Å². The Morgan fingerprint density at radius 3 is 2.67 bits per heavy atom. The minimum absolute atomic E-state index is 0.0780. The van der Waals surface area contributed by atoms with Crippen molar-refractivity contribution in [3.63, 3.8) is 0 Å². The number of hydrogen-bond acceptors (Lipinski definition) is 3. The minimum Gasteiger partial charge on any atom is -0.480 e. The molecule has 1 aromatic rings. The van der Waals surface area contributed by atoms with E-state index in [1.54, 1.807) is 23.1 Å². The molecule has 4 heteroatoms. The Morgan fingerprint density at radius 1 is 1.44 bits per heavy atom. The average Bonchev–Trinajstić information content (AvgIpc) is 2.33. The monoisotopic (exact) mass is 246 g/mol. The van der Waals surface area contributed by atoms with E-state index in [0.29, 0.717) is 23.7 Å². The number of nitriles is 1. The fourth-order valence-electron chi connectivity index (χ4n) is 1.71. The molecule has 0 radical (unpaired) electrons. The average molecular weight is 246 g/mol. The van der Waals surface area contributed by atoms with Crippen LogP contribution in [0.15, 0.2) is 24.3 Å². The Balaban J connectivity index is 2.94. The summed E-state index contributed by atoms with van der Waals surface area (Å²) in [5.74, 6) is -0.387. The van der Waals surface area contributed by atoms with Gasteiger partial charge in [-0.1, -0.05) is 26.0 Å². The van der Waals surface area contributed by atoms with Crippen molar-refractivity contribution < 1.29 is 9.90 Å². The number of carboxylic acids is 1. The lowest BCUT2D eigenvalue weighted by molar-refractivity contribution is -0.135. The van der Waals surface area contributed by atoms with Crippen molar-refractivity contribution in [3.8, 4) is 6.07 Å². The van der Waals surface area contributed by atoms with E-state index < -0.39 is 5.97 Å². The fourth-order valence-corrected chi connectivity index (χ4v) is 1.71. The van der Waals surface area contributed by atoms with Crippen molar-refractivity contribution in [2.24, 2.45) is 5.92 Å². The van der Waals surface area contributed by atoms with Gasteiger partial charge in [0.2, 0.25) is 0 Å². The maximum atomic E-state index is 10.9. The number of carbonyl (C=O) groups is 1. The summed E-state index contributed by atoms with van der Waals surface area (Å²) in [7, 11) is 0. The zero-order valence-electron chi connectivity index (χ0n) is 10.8. The molecule has 1 rings (SSSR count). The molecule has 1 aromatic carbocycles. The van der Waals surface area contributed by atoms with Gasteiger partial charge in [-0.2, -0.15) is 5.26 Å². The molecule has 0 aromatic heterocycles. The van der Waals surface area contributed by atoms with E-state index in [-0.39, 0.29) is 6.54 Å². The van der Waals surface area contributed by atoms with Crippen LogP contribution in [0.5, 0.6) is 0 Å². The van der Waals surface area contributed by atoms with Gasteiger partial charge in [-0.3, -0.25) is 4.79 Å². The molecule has 0 heterocycles. The van der Waals surface area contributed by atoms with Crippen LogP contribution in [0.25, 0.3) is 0 Å². The summed E-state index contributed by atoms with van der Waals surface area (Å²) in [6.45, 7) is 4.75. The van der Waals surface area contributed by atoms with E-state index in [1.165, 1.54) is 0 Å². The molecule has 0 bridgehead atoms. The van der Waals surface area contributed by atoms with Gasteiger partial charge in [0, 0.05) is 6.54 Å². The van der Waals surface area contributed by atoms with Crippen molar-refractivity contribution in [1.29, 1.82) is 5.26 Å². The highest BCUT2D eigenvalue weighted by molar-refractivity contribution is 5.75. The lowest BCUT2D eigenvalue weighted by Gasteiger charge is -2.24. The van der Waals surface area contributed by atoms with Crippen LogP contribution in [0.4, 0.5) is 5.69 Å². The van der Waals surface area contributed by atoms with Gasteiger partial charge in [-0.25, -0.2) is 0 Å². The quantitative estimate of drug-likeness (QED) is 0.837. The third-order valence-electron chi connectivity index (χ3n) is 2.67. The Labute approximate surface area is 107 Å². The van der Waals surface area contributed by atoms with Gasteiger partial charge in [0.15, 0.2) is 0 Å². The first-order valence-corrected chi connectivity index (χ1v) is 6.00. The fraction of sp³-hybridized carbons (Fsp3) is 0.429. The van der Waals surface area contributed by atoms with Crippen molar-refractivity contribution >= 4 is 11.7 Å². The van der Waals surface area contributed by atoms with Gasteiger partial charge in [0.05, 0.1) is 11.3 Å². The van der Waals surface area contributed by atoms with Gasteiger partial charge in [0.25, 0.3) is 0 Å². The number of rotatable bonds is 6. The first-order chi connectivity index (χ1) is 8.54. The summed E-state index contributed by atoms with van der Waals surface area (Å²) in [5, 5.41) is 18.0. The van der Waals surface area contributed by atoms with E-state index >= 15 is 0 Å². The second kappa shape index (κ2) is 6.65. The second-order valence-corrected chi connectivity index (χ2v) is 4.63. The summed E-state index contributed by atoms with van der Waals surface area (Å²) in [6, 6.07) is 9.20. The number of hydrogen-bond donors (Lipinski definition) is 1. The standard InChI is InChI=1S/C14H18N2O2/c1-11(2)7-8-16(10-14(17)18)13-6-4-3-5-12(13)9-15/h3-6,11H,7-8,10H2,1-2H3,(H,17,18). The van der Waals surface area contributed by atoms with Crippen LogP contribution in [-0.2, 0) is 4.79 Å². The number of carboxylic acid groups (broad SMARTS) is 1. The highest BCUT2D eigenvalue weighted by Gasteiger charge is 2.14. The molecule has 96 valence electrons. The Hall–Kier alpha value is -2.02. The minimum atomic E-state index is -0.883. The number of aliphatic carboxylic acids is 1. The topological polar surface area (TPSA) is 64.3 Å². The number of anilines is 1. The maximum absolute atomic E-state index is 10.9. The molecule has 0 saturated heterocycles. The predicted molar refractivity (Wildman–Crippen MR) is 70.5 cm³/mol. The zero-order valence-corrected chi connectivity index (χ0v) is 10.8. The van der Waals surface area contributed by atoms with Crippen LogP contribution in [0.3, 0.4) is 0 Å². The molecule has 0 aliphatic rings. The van der Waals surface area contributed by atoms with E-state index in [1.807, 2.05) is 6.07 Å². The Kier molecular flexibility index (Phi) is 5.19. The molecule has 18 heavy (non-hydrogen) atoms. The normalized spacial score (nSPS) is 10.1. The van der Waals surface area contributed by atoms with Crippen molar-refractivity contribution in [1.82, 2.24) is 0 Å². The van der Waals surface area contributed by atoms with Crippen molar-refractivity contribution in [2.45, 2.75) is 20.3 Å². The molecule has 1 N–H and O–H groups in total. The number of para-hydroxylation sites is 1. The van der Waals surface area contributed by atoms with Gasteiger partial charge in [-0.15, -0.1) is 0 Å². The largest absolute Gasteiger partial charge is 0.480 e. The molecule has 0 aliphatic carbocycles. The van der Waals surface area contributed by atoms with Crippen LogP contribution >= 0.6 is 0 Å². The predicted octanol–water partition coefficient (Wildman–Crippen LogP) is 2.50. The summed E-state index contributed by atoms with van der Waals surface area (Å²) < 4.78 is 0. The van der Waals surface area contributed by atoms with Gasteiger partial charge < -0.3 is 10.0 Å². The van der Waals surface area contributed by atoms with Gasteiger partial charge >= 0.3 is 5.97 Å². The Morgan fingerprint density at radius 2 is 2.11 bits per heavy atom. The van der Waals surface area contributed by atoms with Gasteiger partial charge in [0.1, 0.15) is 12.6 Å². The molecule has 0 amide bonds. The molecule has 0 atom stereocenters.